The normalized spacial score (nSPS) is 22.9. The second kappa shape index (κ2) is 6.97. The maximum atomic E-state index is 4.36. The van der Waals surface area contributed by atoms with Gasteiger partial charge in [0.15, 0.2) is 0 Å². The fourth-order valence-corrected chi connectivity index (χ4v) is 4.56. The Kier molecular flexibility index (Phi) is 5.01. The van der Waals surface area contributed by atoms with E-state index in [0.29, 0.717) is 5.54 Å². The van der Waals surface area contributed by atoms with Crippen molar-refractivity contribution in [2.45, 2.75) is 44.6 Å². The smallest absolute Gasteiger partial charge is 0.129 e. The van der Waals surface area contributed by atoms with Crippen LogP contribution < -0.4 is 5.32 Å². The Balaban J connectivity index is 1.69. The van der Waals surface area contributed by atoms with E-state index in [1.165, 1.54) is 56.7 Å². The number of aromatic nitrogens is 2. The summed E-state index contributed by atoms with van der Waals surface area (Å²) < 4.78 is 0. The monoisotopic (exact) mass is 306 g/mol. The average molecular weight is 306 g/mol. The Morgan fingerprint density at radius 3 is 2.67 bits per heavy atom. The van der Waals surface area contributed by atoms with Crippen molar-refractivity contribution in [3.05, 3.63) is 18.1 Å². The van der Waals surface area contributed by atoms with E-state index in [4.69, 9.17) is 0 Å². The van der Waals surface area contributed by atoms with E-state index < -0.39 is 0 Å². The topological polar surface area (TPSA) is 41.0 Å². The predicted octanol–water partition coefficient (Wildman–Crippen LogP) is 2.95. The van der Waals surface area contributed by atoms with Crippen LogP contribution in [0, 0.1) is 6.92 Å². The van der Waals surface area contributed by atoms with Crippen LogP contribution >= 0.6 is 11.8 Å². The molecule has 0 atom stereocenters. The minimum Gasteiger partial charge on any atom is -0.368 e. The maximum Gasteiger partial charge on any atom is 0.129 e. The first-order valence-corrected chi connectivity index (χ1v) is 9.29. The lowest BCUT2D eigenvalue weighted by Crippen LogP contribution is -2.57. The molecule has 1 saturated heterocycles. The van der Waals surface area contributed by atoms with Crippen LogP contribution in [0.2, 0.25) is 0 Å². The lowest BCUT2D eigenvalue weighted by atomic mass is 9.80. The van der Waals surface area contributed by atoms with Gasteiger partial charge in [-0.15, -0.1) is 0 Å². The highest BCUT2D eigenvalue weighted by Crippen LogP contribution is 2.35. The third-order valence-electron chi connectivity index (χ3n) is 4.87. The lowest BCUT2D eigenvalue weighted by Gasteiger charge is -2.48. The molecule has 1 aromatic heterocycles. The van der Waals surface area contributed by atoms with Crippen LogP contribution in [-0.4, -0.2) is 51.5 Å². The molecule has 1 aliphatic carbocycles. The average Bonchev–Trinajstić information content (AvgIpc) is 2.55. The Bertz CT molecular complexity index is 453. The Morgan fingerprint density at radius 2 is 1.95 bits per heavy atom. The van der Waals surface area contributed by atoms with E-state index in [1.807, 2.05) is 13.0 Å². The van der Waals surface area contributed by atoms with Gasteiger partial charge in [0.25, 0.3) is 0 Å². The highest BCUT2D eigenvalue weighted by atomic mass is 32.2. The molecule has 1 N–H and O–H groups in total. The largest absolute Gasteiger partial charge is 0.368 e. The van der Waals surface area contributed by atoms with Crippen molar-refractivity contribution >= 4 is 17.6 Å². The van der Waals surface area contributed by atoms with Crippen molar-refractivity contribution in [3.63, 3.8) is 0 Å². The molecule has 4 nitrogen and oxygen atoms in total. The van der Waals surface area contributed by atoms with Crippen LogP contribution in [0.5, 0.6) is 0 Å². The zero-order valence-electron chi connectivity index (χ0n) is 13.0. The Morgan fingerprint density at radius 1 is 1.19 bits per heavy atom. The van der Waals surface area contributed by atoms with Crippen LogP contribution in [-0.2, 0) is 0 Å². The van der Waals surface area contributed by atoms with E-state index in [1.54, 1.807) is 6.33 Å². The van der Waals surface area contributed by atoms with E-state index in [9.17, 15) is 0 Å². The van der Waals surface area contributed by atoms with Crippen LogP contribution in [0.4, 0.5) is 5.82 Å². The minimum atomic E-state index is 0.345. The number of nitrogens with zero attached hydrogens (tertiary/aromatic N) is 3. The fourth-order valence-electron chi connectivity index (χ4n) is 3.66. The second-order valence-electron chi connectivity index (χ2n) is 6.28. The summed E-state index contributed by atoms with van der Waals surface area (Å²) in [7, 11) is 0. The molecule has 2 fully saturated rings. The standard InChI is InChI=1S/C16H26N4S/c1-14-11-15(19-13-18-14)17-12-16(5-3-2-4-6-16)20-7-9-21-10-8-20/h11,13H,2-10,12H2,1H3,(H,17,18,19). The molecule has 1 aliphatic heterocycles. The number of hydrogen-bond acceptors (Lipinski definition) is 5. The highest BCUT2D eigenvalue weighted by Gasteiger charge is 2.38. The first-order chi connectivity index (χ1) is 10.3. The molecule has 0 unspecified atom stereocenters. The summed E-state index contributed by atoms with van der Waals surface area (Å²) in [6.45, 7) is 5.53. The molecule has 0 spiro atoms. The van der Waals surface area contributed by atoms with Crippen molar-refractivity contribution in [1.82, 2.24) is 14.9 Å². The molecular weight excluding hydrogens is 280 g/mol. The minimum absolute atomic E-state index is 0.345. The Hall–Kier alpha value is -0.810. The van der Waals surface area contributed by atoms with Crippen LogP contribution in [0.1, 0.15) is 37.8 Å². The third kappa shape index (κ3) is 3.69. The molecule has 0 aromatic carbocycles. The lowest BCUT2D eigenvalue weighted by molar-refractivity contribution is 0.0706. The second-order valence-corrected chi connectivity index (χ2v) is 7.51. The number of aryl methyl sites for hydroxylation is 1. The molecule has 2 aliphatic rings. The third-order valence-corrected chi connectivity index (χ3v) is 5.81. The van der Waals surface area contributed by atoms with E-state index in [0.717, 1.165) is 18.1 Å². The predicted molar refractivity (Wildman–Crippen MR) is 90.0 cm³/mol. The van der Waals surface area contributed by atoms with Crippen molar-refractivity contribution in [3.8, 4) is 0 Å². The molecule has 0 bridgehead atoms. The molecular formula is C16H26N4S. The van der Waals surface area contributed by atoms with Gasteiger partial charge in [-0.1, -0.05) is 19.3 Å². The molecule has 116 valence electrons. The van der Waals surface area contributed by atoms with Gasteiger partial charge in [-0.05, 0) is 19.8 Å². The van der Waals surface area contributed by atoms with E-state index in [-0.39, 0.29) is 0 Å². The summed E-state index contributed by atoms with van der Waals surface area (Å²) in [5, 5.41) is 3.59. The SMILES string of the molecule is Cc1cc(NCC2(N3CCSCC3)CCCCC2)ncn1. The molecule has 5 heteroatoms. The van der Waals surface area contributed by atoms with Crippen molar-refractivity contribution < 1.29 is 0 Å². The zero-order valence-corrected chi connectivity index (χ0v) is 13.8. The summed E-state index contributed by atoms with van der Waals surface area (Å²) in [5.41, 5.74) is 1.37. The van der Waals surface area contributed by atoms with Crippen molar-refractivity contribution in [2.75, 3.05) is 36.5 Å². The van der Waals surface area contributed by atoms with Gasteiger partial charge in [0.1, 0.15) is 12.1 Å². The molecule has 2 heterocycles. The van der Waals surface area contributed by atoms with Crippen molar-refractivity contribution in [1.29, 1.82) is 0 Å². The van der Waals surface area contributed by atoms with Gasteiger partial charge in [-0.2, -0.15) is 11.8 Å². The summed E-state index contributed by atoms with van der Waals surface area (Å²) in [4.78, 5) is 11.3. The molecule has 1 saturated carbocycles. The van der Waals surface area contributed by atoms with Crippen LogP contribution in [0.15, 0.2) is 12.4 Å². The Labute approximate surface area is 132 Å². The van der Waals surface area contributed by atoms with Gasteiger partial charge in [-0.3, -0.25) is 4.90 Å². The van der Waals surface area contributed by atoms with E-state index >= 15 is 0 Å². The number of nitrogens with one attached hydrogen (secondary N) is 1. The quantitative estimate of drug-likeness (QED) is 0.926. The van der Waals surface area contributed by atoms with Crippen molar-refractivity contribution in [2.24, 2.45) is 0 Å². The fraction of sp³-hybridized carbons (Fsp3) is 0.750. The van der Waals surface area contributed by atoms with Gasteiger partial charge >= 0.3 is 0 Å². The van der Waals surface area contributed by atoms with Crippen LogP contribution in [0.3, 0.4) is 0 Å². The number of anilines is 1. The summed E-state index contributed by atoms with van der Waals surface area (Å²) >= 11 is 2.10. The molecule has 21 heavy (non-hydrogen) atoms. The number of thioether (sulfide) groups is 1. The van der Waals surface area contributed by atoms with Gasteiger partial charge in [0, 0.05) is 48.4 Å². The highest BCUT2D eigenvalue weighted by molar-refractivity contribution is 7.99. The summed E-state index contributed by atoms with van der Waals surface area (Å²) in [5.74, 6) is 3.54. The maximum absolute atomic E-state index is 4.36. The zero-order chi connectivity index (χ0) is 14.5. The number of hydrogen-bond donors (Lipinski definition) is 1. The van der Waals surface area contributed by atoms with Gasteiger partial charge in [-0.25, -0.2) is 9.97 Å². The van der Waals surface area contributed by atoms with E-state index in [2.05, 4.69) is 31.9 Å². The summed E-state index contributed by atoms with van der Waals surface area (Å²) in [6.07, 6.45) is 8.45. The molecule has 0 amide bonds. The van der Waals surface area contributed by atoms with Gasteiger partial charge in [0.05, 0.1) is 0 Å². The summed E-state index contributed by atoms with van der Waals surface area (Å²) in [6, 6.07) is 2.04. The molecule has 0 radical (unpaired) electrons. The first kappa shape index (κ1) is 15.1. The molecule has 3 rings (SSSR count). The molecule has 1 aromatic rings. The van der Waals surface area contributed by atoms with Gasteiger partial charge in [0.2, 0.25) is 0 Å². The van der Waals surface area contributed by atoms with Crippen LogP contribution in [0.25, 0.3) is 0 Å². The van der Waals surface area contributed by atoms with Gasteiger partial charge < -0.3 is 5.32 Å². The number of rotatable bonds is 4. The first-order valence-electron chi connectivity index (χ1n) is 8.14.